The average molecular weight is 462 g/mol. The quantitative estimate of drug-likeness (QED) is 0.489. The molecule has 1 saturated heterocycles. The molecule has 0 amide bonds. The number of benzene rings is 1. The van der Waals surface area contributed by atoms with E-state index >= 15 is 0 Å². The summed E-state index contributed by atoms with van der Waals surface area (Å²) in [6.07, 6.45) is 1.39. The van der Waals surface area contributed by atoms with E-state index in [1.807, 2.05) is 7.05 Å². The van der Waals surface area contributed by atoms with Crippen LogP contribution in [0.3, 0.4) is 0 Å². The molecule has 0 unspecified atom stereocenters. The van der Waals surface area contributed by atoms with Gasteiger partial charge < -0.3 is 9.64 Å². The average Bonchev–Trinajstić information content (AvgIpc) is 3.15. The van der Waals surface area contributed by atoms with E-state index in [9.17, 15) is 18.1 Å². The van der Waals surface area contributed by atoms with Crippen molar-refractivity contribution in [2.75, 3.05) is 39.8 Å². The van der Waals surface area contributed by atoms with Crippen LogP contribution in [0.1, 0.15) is 6.92 Å². The summed E-state index contributed by atoms with van der Waals surface area (Å²) in [6.45, 7) is 4.02. The third-order valence-corrected chi connectivity index (χ3v) is 7.31. The molecular formula is C19H23N7O5S. The Morgan fingerprint density at radius 1 is 1.16 bits per heavy atom. The SMILES string of the molecule is CCOc1ccc(S(=O)(=O)N2CCN(C)CC2)cc1-c1nc2cnn(C)c2c(=O)n1N=O. The highest BCUT2D eigenvalue weighted by Crippen LogP contribution is 2.33. The molecular weight excluding hydrogens is 438 g/mol. The molecule has 1 fully saturated rings. The van der Waals surface area contributed by atoms with E-state index in [2.05, 4.69) is 20.3 Å². The number of hydrogen-bond donors (Lipinski definition) is 0. The van der Waals surface area contributed by atoms with E-state index in [1.54, 1.807) is 14.0 Å². The maximum absolute atomic E-state index is 13.3. The zero-order chi connectivity index (χ0) is 23.0. The molecule has 1 aliphatic heterocycles. The molecule has 0 spiro atoms. The van der Waals surface area contributed by atoms with Crippen LogP contribution in [0.25, 0.3) is 22.4 Å². The number of aromatic nitrogens is 4. The number of nitroso groups, excluding NO2 is 1. The molecule has 0 aliphatic carbocycles. The van der Waals surface area contributed by atoms with Gasteiger partial charge in [0, 0.05) is 33.2 Å². The maximum atomic E-state index is 13.3. The van der Waals surface area contributed by atoms with Crippen molar-refractivity contribution in [2.45, 2.75) is 11.8 Å². The van der Waals surface area contributed by atoms with Crippen molar-refractivity contribution in [2.24, 2.45) is 12.3 Å². The van der Waals surface area contributed by atoms with Gasteiger partial charge in [-0.1, -0.05) is 0 Å². The van der Waals surface area contributed by atoms with Crippen LogP contribution < -0.4 is 10.3 Å². The van der Waals surface area contributed by atoms with Crippen LogP contribution in [0.5, 0.6) is 5.75 Å². The highest BCUT2D eigenvalue weighted by molar-refractivity contribution is 7.89. The Bertz CT molecular complexity index is 1340. The summed E-state index contributed by atoms with van der Waals surface area (Å²) in [7, 11) is -0.319. The molecule has 0 bridgehead atoms. The molecule has 32 heavy (non-hydrogen) atoms. The summed E-state index contributed by atoms with van der Waals surface area (Å²) in [6, 6.07) is 4.31. The minimum atomic E-state index is -3.80. The first-order chi connectivity index (χ1) is 15.3. The fourth-order valence-electron chi connectivity index (χ4n) is 3.67. The third kappa shape index (κ3) is 3.67. The maximum Gasteiger partial charge on any atom is 0.303 e. The van der Waals surface area contributed by atoms with Crippen LogP contribution in [0.4, 0.5) is 0 Å². The monoisotopic (exact) mass is 461 g/mol. The van der Waals surface area contributed by atoms with Crippen LogP contribution in [-0.4, -0.2) is 76.9 Å². The van der Waals surface area contributed by atoms with Crippen LogP contribution >= 0.6 is 0 Å². The Balaban J connectivity index is 1.91. The van der Waals surface area contributed by atoms with Gasteiger partial charge in [-0.25, -0.2) is 13.4 Å². The number of nitrogens with zero attached hydrogens (tertiary/aromatic N) is 7. The summed E-state index contributed by atoms with van der Waals surface area (Å²) in [5.74, 6) is 0.154. The molecule has 0 atom stereocenters. The predicted octanol–water partition coefficient (Wildman–Crippen LogP) is 0.661. The van der Waals surface area contributed by atoms with Gasteiger partial charge >= 0.3 is 5.56 Å². The minimum Gasteiger partial charge on any atom is -0.493 e. The van der Waals surface area contributed by atoms with Crippen LogP contribution in [-0.2, 0) is 17.1 Å². The topological polar surface area (TPSA) is 132 Å². The molecule has 170 valence electrons. The lowest BCUT2D eigenvalue weighted by molar-refractivity contribution is 0.222. The molecule has 0 N–H and O–H groups in total. The number of aryl methyl sites for hydroxylation is 1. The Morgan fingerprint density at radius 3 is 2.53 bits per heavy atom. The highest BCUT2D eigenvalue weighted by atomic mass is 32.2. The van der Waals surface area contributed by atoms with Crippen LogP contribution in [0.15, 0.2) is 39.4 Å². The van der Waals surface area contributed by atoms with E-state index in [0.29, 0.717) is 30.9 Å². The van der Waals surface area contributed by atoms with Crippen molar-refractivity contribution in [3.05, 3.63) is 39.7 Å². The van der Waals surface area contributed by atoms with Gasteiger partial charge in [0.15, 0.2) is 11.3 Å². The number of sulfonamides is 1. The first-order valence-electron chi connectivity index (χ1n) is 10.0. The van der Waals surface area contributed by atoms with Gasteiger partial charge in [0.1, 0.15) is 11.3 Å². The lowest BCUT2D eigenvalue weighted by Crippen LogP contribution is -2.47. The number of rotatable bonds is 6. The molecule has 0 saturated carbocycles. The summed E-state index contributed by atoms with van der Waals surface area (Å²) in [5, 5.41) is 6.85. The normalized spacial score (nSPS) is 15.8. The molecule has 3 heterocycles. The molecule has 0 radical (unpaired) electrons. The van der Waals surface area contributed by atoms with E-state index in [1.165, 1.54) is 33.4 Å². The molecule has 3 aromatic rings. The zero-order valence-corrected chi connectivity index (χ0v) is 18.7. The number of ether oxygens (including phenoxy) is 1. The second-order valence-corrected chi connectivity index (χ2v) is 9.37. The second-order valence-electron chi connectivity index (χ2n) is 7.43. The fourth-order valence-corrected chi connectivity index (χ4v) is 5.12. The number of fused-ring (bicyclic) bond motifs is 1. The summed E-state index contributed by atoms with van der Waals surface area (Å²) < 4.78 is 35.5. The number of piperazine rings is 1. The smallest absolute Gasteiger partial charge is 0.303 e. The van der Waals surface area contributed by atoms with E-state index in [0.717, 1.165) is 0 Å². The first kappa shape index (κ1) is 22.0. The van der Waals surface area contributed by atoms with Gasteiger partial charge in [0.2, 0.25) is 10.0 Å². The van der Waals surface area contributed by atoms with Gasteiger partial charge in [0.25, 0.3) is 0 Å². The third-order valence-electron chi connectivity index (χ3n) is 5.41. The van der Waals surface area contributed by atoms with Crippen molar-refractivity contribution in [3.63, 3.8) is 0 Å². The Hall–Kier alpha value is -3.16. The lowest BCUT2D eigenvalue weighted by atomic mass is 10.2. The van der Waals surface area contributed by atoms with Crippen molar-refractivity contribution in [1.82, 2.24) is 28.6 Å². The number of likely N-dealkylation sites (N-methyl/N-ethyl adjacent to an activating group) is 1. The first-order valence-corrected chi connectivity index (χ1v) is 11.5. The van der Waals surface area contributed by atoms with Crippen molar-refractivity contribution < 1.29 is 13.2 Å². The van der Waals surface area contributed by atoms with Gasteiger partial charge in [-0.3, -0.25) is 9.48 Å². The fraction of sp³-hybridized carbons (Fsp3) is 0.421. The Kier molecular flexibility index (Phi) is 5.79. The standard InChI is InChI=1S/C19H23N7O5S/c1-4-31-16-6-5-13(32(29,30)25-9-7-23(2)8-10-25)11-14(16)18-21-15-12-20-24(3)17(15)19(27)26(18)22-28/h5-6,11-12H,4,7-10H2,1-3H3. The second kappa shape index (κ2) is 8.41. The van der Waals surface area contributed by atoms with Crippen molar-refractivity contribution >= 4 is 21.1 Å². The highest BCUT2D eigenvalue weighted by Gasteiger charge is 2.29. The van der Waals surface area contributed by atoms with Gasteiger partial charge in [0.05, 0.1) is 28.5 Å². The van der Waals surface area contributed by atoms with Crippen molar-refractivity contribution in [1.29, 1.82) is 0 Å². The van der Waals surface area contributed by atoms with Gasteiger partial charge in [-0.2, -0.15) is 9.40 Å². The van der Waals surface area contributed by atoms with Gasteiger partial charge in [-0.15, -0.1) is 9.58 Å². The summed E-state index contributed by atoms with van der Waals surface area (Å²) in [5.41, 5.74) is -0.186. The van der Waals surface area contributed by atoms with Crippen LogP contribution in [0.2, 0.25) is 0 Å². The predicted molar refractivity (Wildman–Crippen MR) is 117 cm³/mol. The van der Waals surface area contributed by atoms with Gasteiger partial charge in [-0.05, 0) is 32.2 Å². The minimum absolute atomic E-state index is 0.0125. The Morgan fingerprint density at radius 2 is 1.88 bits per heavy atom. The van der Waals surface area contributed by atoms with Crippen molar-refractivity contribution in [3.8, 4) is 17.1 Å². The van der Waals surface area contributed by atoms with Crippen LogP contribution in [0, 0.1) is 4.91 Å². The molecule has 2 aromatic heterocycles. The molecule has 1 aliphatic rings. The zero-order valence-electron chi connectivity index (χ0n) is 17.9. The molecule has 12 nitrogen and oxygen atoms in total. The molecule has 13 heteroatoms. The lowest BCUT2D eigenvalue weighted by Gasteiger charge is -2.31. The van der Waals surface area contributed by atoms with E-state index in [4.69, 9.17) is 4.74 Å². The summed E-state index contributed by atoms with van der Waals surface area (Å²) in [4.78, 5) is 30.9. The van der Waals surface area contributed by atoms with E-state index < -0.39 is 15.6 Å². The Labute approximate surface area is 184 Å². The molecule has 1 aromatic carbocycles. The largest absolute Gasteiger partial charge is 0.493 e. The summed E-state index contributed by atoms with van der Waals surface area (Å²) >= 11 is 0. The molecule has 4 rings (SSSR count). The number of hydrogen-bond acceptors (Lipinski definition) is 9. The van der Waals surface area contributed by atoms with E-state index in [-0.39, 0.29) is 39.7 Å².